The molecule has 1 amide bonds. The van der Waals surface area contributed by atoms with E-state index in [1.165, 1.54) is 12.0 Å². The van der Waals surface area contributed by atoms with Crippen LogP contribution in [0.15, 0.2) is 12.1 Å². The molecule has 0 heterocycles. The van der Waals surface area contributed by atoms with Crippen molar-refractivity contribution in [3.8, 4) is 11.5 Å². The average Bonchev–Trinajstić information content (AvgIpc) is 2.44. The molecule has 0 saturated carbocycles. The Bertz CT molecular complexity index is 551. The summed E-state index contributed by atoms with van der Waals surface area (Å²) < 4.78 is 10.5. The molecule has 1 aromatic rings. The van der Waals surface area contributed by atoms with Crippen LogP contribution in [-0.2, 0) is 11.2 Å². The van der Waals surface area contributed by atoms with Gasteiger partial charge in [0.1, 0.15) is 0 Å². The smallest absolute Gasteiger partial charge is 0.225 e. The van der Waals surface area contributed by atoms with Crippen LogP contribution in [0.2, 0.25) is 0 Å². The molecule has 2 rings (SSSR count). The highest BCUT2D eigenvalue weighted by Gasteiger charge is 2.31. The zero-order chi connectivity index (χ0) is 14.9. The predicted octanol–water partition coefficient (Wildman–Crippen LogP) is 1.54. The minimum atomic E-state index is -0.289. The number of amides is 1. The van der Waals surface area contributed by atoms with Gasteiger partial charge in [-0.05, 0) is 24.1 Å². The molecule has 108 valence electrons. The molecule has 1 unspecified atom stereocenters. The fraction of sp³-hybridized carbons (Fsp3) is 0.467. The maximum Gasteiger partial charge on any atom is 0.225 e. The van der Waals surface area contributed by atoms with Crippen molar-refractivity contribution in [3.05, 3.63) is 23.3 Å². The topological polar surface area (TPSA) is 55.8 Å². The van der Waals surface area contributed by atoms with Gasteiger partial charge in [0.05, 0.1) is 14.2 Å². The minimum absolute atomic E-state index is 0.0150. The second kappa shape index (κ2) is 5.53. The molecule has 1 aliphatic rings. The number of rotatable bonds is 3. The molecule has 5 nitrogen and oxygen atoms in total. The molecular weight excluding hydrogens is 258 g/mol. The molecule has 0 spiro atoms. The van der Waals surface area contributed by atoms with Crippen LogP contribution in [0.4, 0.5) is 0 Å². The number of fused-ring (bicyclic) bond motifs is 1. The van der Waals surface area contributed by atoms with Crippen LogP contribution in [0.25, 0.3) is 0 Å². The second-order valence-corrected chi connectivity index (χ2v) is 5.13. The summed E-state index contributed by atoms with van der Waals surface area (Å²) in [6, 6.07) is 3.49. The first-order chi connectivity index (χ1) is 9.47. The number of Topliss-reactive ketones (excluding diaryl/α,β-unsaturated/α-hetero) is 1. The number of ether oxygens (including phenoxy) is 2. The van der Waals surface area contributed by atoms with Crippen LogP contribution in [0, 0.1) is 5.92 Å². The highest BCUT2D eigenvalue weighted by molar-refractivity contribution is 6.02. The lowest BCUT2D eigenvalue weighted by Crippen LogP contribution is -2.35. The number of methoxy groups -OCH3 is 2. The predicted molar refractivity (Wildman–Crippen MR) is 74.4 cm³/mol. The number of ketones is 1. The van der Waals surface area contributed by atoms with Gasteiger partial charge in [-0.3, -0.25) is 9.59 Å². The lowest BCUT2D eigenvalue weighted by molar-refractivity contribution is -0.133. The van der Waals surface area contributed by atoms with Crippen LogP contribution < -0.4 is 9.47 Å². The van der Waals surface area contributed by atoms with Gasteiger partial charge in [0.25, 0.3) is 0 Å². The highest BCUT2D eigenvalue weighted by Crippen LogP contribution is 2.35. The van der Waals surface area contributed by atoms with Gasteiger partial charge in [-0.2, -0.15) is 0 Å². The Morgan fingerprint density at radius 3 is 2.30 bits per heavy atom. The monoisotopic (exact) mass is 277 g/mol. The normalized spacial score (nSPS) is 17.4. The minimum Gasteiger partial charge on any atom is -0.493 e. The fourth-order valence-corrected chi connectivity index (χ4v) is 2.56. The number of hydrogen-bond acceptors (Lipinski definition) is 4. The Labute approximate surface area is 118 Å². The van der Waals surface area contributed by atoms with Crippen LogP contribution in [0.3, 0.4) is 0 Å². The van der Waals surface area contributed by atoms with E-state index in [4.69, 9.17) is 9.47 Å². The summed E-state index contributed by atoms with van der Waals surface area (Å²) in [5, 5.41) is 0. The Kier molecular flexibility index (Phi) is 3.97. The van der Waals surface area contributed by atoms with Crippen molar-refractivity contribution in [2.45, 2.75) is 12.8 Å². The van der Waals surface area contributed by atoms with E-state index in [2.05, 4.69) is 0 Å². The van der Waals surface area contributed by atoms with E-state index in [-0.39, 0.29) is 24.0 Å². The van der Waals surface area contributed by atoms with E-state index in [0.717, 1.165) is 5.56 Å². The number of nitrogens with zero attached hydrogens (tertiary/aromatic N) is 1. The van der Waals surface area contributed by atoms with E-state index in [1.54, 1.807) is 33.3 Å². The zero-order valence-electron chi connectivity index (χ0n) is 12.2. The molecule has 0 bridgehead atoms. The summed E-state index contributed by atoms with van der Waals surface area (Å²) in [4.78, 5) is 25.8. The van der Waals surface area contributed by atoms with E-state index in [0.29, 0.717) is 23.5 Å². The molecule has 0 radical (unpaired) electrons. The van der Waals surface area contributed by atoms with Gasteiger partial charge in [-0.15, -0.1) is 0 Å². The van der Waals surface area contributed by atoms with E-state index < -0.39 is 0 Å². The molecule has 0 saturated heterocycles. The third-order valence-corrected chi connectivity index (χ3v) is 3.60. The molecule has 0 aromatic heterocycles. The van der Waals surface area contributed by atoms with Crippen molar-refractivity contribution >= 4 is 11.7 Å². The van der Waals surface area contributed by atoms with Crippen LogP contribution >= 0.6 is 0 Å². The Morgan fingerprint density at radius 1 is 1.15 bits per heavy atom. The zero-order valence-corrected chi connectivity index (χ0v) is 12.2. The SMILES string of the molecule is COc1cc2c(cc1OC)C(=O)CC(C(=O)N(C)C)C2. The summed E-state index contributed by atoms with van der Waals surface area (Å²) in [6.45, 7) is 0. The van der Waals surface area contributed by atoms with Crippen LogP contribution in [-0.4, -0.2) is 44.9 Å². The molecule has 1 atom stereocenters. The van der Waals surface area contributed by atoms with Gasteiger partial charge < -0.3 is 14.4 Å². The third kappa shape index (κ3) is 2.48. The van der Waals surface area contributed by atoms with Gasteiger partial charge in [0.2, 0.25) is 5.91 Å². The molecule has 20 heavy (non-hydrogen) atoms. The molecule has 0 fully saturated rings. The largest absolute Gasteiger partial charge is 0.493 e. The maximum absolute atomic E-state index is 12.2. The van der Waals surface area contributed by atoms with Crippen LogP contribution in [0.5, 0.6) is 11.5 Å². The van der Waals surface area contributed by atoms with E-state index in [9.17, 15) is 9.59 Å². The maximum atomic E-state index is 12.2. The van der Waals surface area contributed by atoms with Gasteiger partial charge >= 0.3 is 0 Å². The number of benzene rings is 1. The van der Waals surface area contributed by atoms with E-state index in [1.807, 2.05) is 0 Å². The van der Waals surface area contributed by atoms with Gasteiger partial charge in [-0.25, -0.2) is 0 Å². The molecular formula is C15H19NO4. The van der Waals surface area contributed by atoms with Crippen molar-refractivity contribution < 1.29 is 19.1 Å². The first-order valence-electron chi connectivity index (χ1n) is 6.47. The van der Waals surface area contributed by atoms with E-state index >= 15 is 0 Å². The van der Waals surface area contributed by atoms with Crippen molar-refractivity contribution in [2.75, 3.05) is 28.3 Å². The molecule has 1 aliphatic carbocycles. The molecule has 5 heteroatoms. The van der Waals surface area contributed by atoms with Gasteiger partial charge in [0, 0.05) is 32.0 Å². The van der Waals surface area contributed by atoms with Crippen LogP contribution in [0.1, 0.15) is 22.3 Å². The average molecular weight is 277 g/mol. The van der Waals surface area contributed by atoms with Gasteiger partial charge in [0.15, 0.2) is 17.3 Å². The Hall–Kier alpha value is -2.04. The quantitative estimate of drug-likeness (QED) is 0.841. The third-order valence-electron chi connectivity index (χ3n) is 3.60. The van der Waals surface area contributed by atoms with Crippen molar-refractivity contribution in [2.24, 2.45) is 5.92 Å². The molecule has 0 N–H and O–H groups in total. The first kappa shape index (κ1) is 14.4. The Balaban J connectivity index is 2.39. The van der Waals surface area contributed by atoms with Crippen molar-refractivity contribution in [1.82, 2.24) is 4.90 Å². The van der Waals surface area contributed by atoms with Gasteiger partial charge in [-0.1, -0.05) is 0 Å². The molecule has 0 aliphatic heterocycles. The number of carbonyl (C=O) groups is 2. The van der Waals surface area contributed by atoms with Crippen molar-refractivity contribution in [3.63, 3.8) is 0 Å². The fourth-order valence-electron chi connectivity index (χ4n) is 2.56. The second-order valence-electron chi connectivity index (χ2n) is 5.13. The summed E-state index contributed by atoms with van der Waals surface area (Å²) in [7, 11) is 6.50. The summed E-state index contributed by atoms with van der Waals surface area (Å²) >= 11 is 0. The lowest BCUT2D eigenvalue weighted by atomic mass is 9.82. The molecule has 1 aromatic carbocycles. The highest BCUT2D eigenvalue weighted by atomic mass is 16.5. The first-order valence-corrected chi connectivity index (χ1v) is 6.47. The Morgan fingerprint density at radius 2 is 1.75 bits per heavy atom. The number of carbonyl (C=O) groups excluding carboxylic acids is 2. The summed E-state index contributed by atoms with van der Waals surface area (Å²) in [6.07, 6.45) is 0.804. The lowest BCUT2D eigenvalue weighted by Gasteiger charge is -2.26. The standard InChI is InChI=1S/C15H19NO4/c1-16(2)15(18)10-5-9-7-13(19-3)14(20-4)8-11(9)12(17)6-10/h7-8,10H,5-6H2,1-4H3. The van der Waals surface area contributed by atoms with Crippen molar-refractivity contribution in [1.29, 1.82) is 0 Å². The number of hydrogen-bond donors (Lipinski definition) is 0. The summed E-state index contributed by atoms with van der Waals surface area (Å²) in [5.74, 6) is 0.795. The summed E-state index contributed by atoms with van der Waals surface area (Å²) in [5.41, 5.74) is 1.48.